The first-order valence-corrected chi connectivity index (χ1v) is 7.76. The van der Waals surface area contributed by atoms with Gasteiger partial charge in [-0.05, 0) is 42.6 Å². The minimum absolute atomic E-state index is 0.727. The highest BCUT2D eigenvalue weighted by Crippen LogP contribution is 2.34. The van der Waals surface area contributed by atoms with Crippen LogP contribution in [0.2, 0.25) is 0 Å². The fourth-order valence-electron chi connectivity index (χ4n) is 2.62. The summed E-state index contributed by atoms with van der Waals surface area (Å²) in [5.74, 6) is 0. The summed E-state index contributed by atoms with van der Waals surface area (Å²) in [5, 5.41) is 4.67. The second-order valence-corrected chi connectivity index (χ2v) is 6.10. The average Bonchev–Trinajstić information content (AvgIpc) is 2.49. The zero-order chi connectivity index (χ0) is 13.7. The van der Waals surface area contributed by atoms with E-state index in [9.17, 15) is 0 Å². The van der Waals surface area contributed by atoms with E-state index in [-0.39, 0.29) is 0 Å². The van der Waals surface area contributed by atoms with Gasteiger partial charge in [0, 0.05) is 10.8 Å². The Morgan fingerprint density at radius 1 is 0.550 bits per heavy atom. The van der Waals surface area contributed by atoms with Crippen molar-refractivity contribution in [2.24, 2.45) is 0 Å². The van der Waals surface area contributed by atoms with Gasteiger partial charge in [0.1, 0.15) is 9.21 Å². The second kappa shape index (κ2) is 4.50. The zero-order valence-electron chi connectivity index (χ0n) is 10.3. The molecule has 1 aromatic heterocycles. The molecular weight excluding hydrogens is 380 g/mol. The van der Waals surface area contributed by atoms with Gasteiger partial charge in [0.25, 0.3) is 0 Å². The third-order valence-corrected chi connectivity index (χ3v) is 5.11. The molecule has 0 bridgehead atoms. The average molecular weight is 388 g/mol. The summed E-state index contributed by atoms with van der Waals surface area (Å²) in [6, 6.07) is 16.6. The molecule has 2 nitrogen and oxygen atoms in total. The van der Waals surface area contributed by atoms with Gasteiger partial charge in [-0.2, -0.15) is 0 Å². The predicted octanol–water partition coefficient (Wildman–Crippen LogP) is 5.46. The van der Waals surface area contributed by atoms with Crippen molar-refractivity contribution in [3.05, 3.63) is 57.7 Å². The fourth-order valence-corrected chi connectivity index (χ4v) is 3.15. The van der Waals surface area contributed by atoms with E-state index in [0.717, 1.165) is 31.0 Å². The maximum absolute atomic E-state index is 4.66. The van der Waals surface area contributed by atoms with E-state index in [2.05, 4.69) is 78.2 Å². The van der Waals surface area contributed by atoms with Crippen LogP contribution in [0.4, 0.5) is 0 Å². The Balaban J connectivity index is 2.42. The van der Waals surface area contributed by atoms with E-state index in [1.54, 1.807) is 0 Å². The summed E-state index contributed by atoms with van der Waals surface area (Å²) in [6.45, 7) is 0. The SMILES string of the molecule is Brc1nc2c3ccccc3c3ccccc3c2nc1Br. The topological polar surface area (TPSA) is 25.8 Å². The van der Waals surface area contributed by atoms with E-state index >= 15 is 0 Å². The molecule has 0 N–H and O–H groups in total. The van der Waals surface area contributed by atoms with Crippen molar-refractivity contribution in [2.75, 3.05) is 0 Å². The summed E-state index contributed by atoms with van der Waals surface area (Å²) in [7, 11) is 0. The Hall–Kier alpha value is -1.52. The Morgan fingerprint density at radius 3 is 1.30 bits per heavy atom. The normalized spacial score (nSPS) is 11.5. The molecule has 0 aliphatic rings. The lowest BCUT2D eigenvalue weighted by atomic mass is 10.00. The van der Waals surface area contributed by atoms with Gasteiger partial charge >= 0.3 is 0 Å². The van der Waals surface area contributed by atoms with Crippen LogP contribution in [0.3, 0.4) is 0 Å². The maximum Gasteiger partial charge on any atom is 0.139 e. The molecule has 0 fully saturated rings. The Morgan fingerprint density at radius 2 is 0.900 bits per heavy atom. The number of fused-ring (bicyclic) bond motifs is 6. The van der Waals surface area contributed by atoms with Gasteiger partial charge in [-0.25, -0.2) is 9.97 Å². The largest absolute Gasteiger partial charge is 0.236 e. The van der Waals surface area contributed by atoms with Crippen LogP contribution in [0.1, 0.15) is 0 Å². The van der Waals surface area contributed by atoms with E-state index in [1.165, 1.54) is 10.8 Å². The van der Waals surface area contributed by atoms with Crippen molar-refractivity contribution in [3.8, 4) is 0 Å². The molecule has 4 aromatic rings. The van der Waals surface area contributed by atoms with Crippen molar-refractivity contribution in [1.29, 1.82) is 0 Å². The fraction of sp³-hybridized carbons (Fsp3) is 0. The van der Waals surface area contributed by atoms with Crippen LogP contribution in [-0.2, 0) is 0 Å². The number of rotatable bonds is 0. The number of nitrogens with zero attached hydrogens (tertiary/aromatic N) is 2. The minimum Gasteiger partial charge on any atom is -0.236 e. The second-order valence-electron chi connectivity index (χ2n) is 4.59. The molecule has 0 saturated carbocycles. The van der Waals surface area contributed by atoms with Gasteiger partial charge in [-0.15, -0.1) is 0 Å². The summed E-state index contributed by atoms with van der Waals surface area (Å²) < 4.78 is 1.45. The van der Waals surface area contributed by atoms with Crippen molar-refractivity contribution in [2.45, 2.75) is 0 Å². The molecule has 3 aromatic carbocycles. The molecule has 4 rings (SSSR count). The van der Waals surface area contributed by atoms with Crippen LogP contribution in [0.15, 0.2) is 57.7 Å². The van der Waals surface area contributed by atoms with Crippen molar-refractivity contribution < 1.29 is 0 Å². The Labute approximate surface area is 132 Å². The highest BCUT2D eigenvalue weighted by atomic mass is 79.9. The highest BCUT2D eigenvalue weighted by Gasteiger charge is 2.12. The van der Waals surface area contributed by atoms with Crippen LogP contribution in [-0.4, -0.2) is 9.97 Å². The lowest BCUT2D eigenvalue weighted by Crippen LogP contribution is -1.91. The molecule has 4 heteroatoms. The van der Waals surface area contributed by atoms with E-state index in [4.69, 9.17) is 0 Å². The lowest BCUT2D eigenvalue weighted by molar-refractivity contribution is 1.22. The molecule has 0 saturated heterocycles. The minimum atomic E-state index is 0.727. The first-order chi connectivity index (χ1) is 9.75. The molecule has 0 atom stereocenters. The molecule has 1 heterocycles. The quantitative estimate of drug-likeness (QED) is 0.374. The molecular formula is C16H8Br2N2. The molecule has 20 heavy (non-hydrogen) atoms. The monoisotopic (exact) mass is 386 g/mol. The zero-order valence-corrected chi connectivity index (χ0v) is 13.4. The summed E-state index contributed by atoms with van der Waals surface area (Å²) in [4.78, 5) is 9.32. The first-order valence-electron chi connectivity index (χ1n) is 6.18. The summed E-state index contributed by atoms with van der Waals surface area (Å²) in [6.07, 6.45) is 0. The Kier molecular flexibility index (Phi) is 2.75. The van der Waals surface area contributed by atoms with E-state index in [0.29, 0.717) is 0 Å². The number of halogens is 2. The summed E-state index contributed by atoms with van der Waals surface area (Å²) >= 11 is 6.89. The van der Waals surface area contributed by atoms with Gasteiger partial charge < -0.3 is 0 Å². The van der Waals surface area contributed by atoms with Crippen molar-refractivity contribution in [1.82, 2.24) is 9.97 Å². The van der Waals surface area contributed by atoms with Crippen LogP contribution in [0.25, 0.3) is 32.6 Å². The molecule has 0 aliphatic heterocycles. The first kappa shape index (κ1) is 12.2. The van der Waals surface area contributed by atoms with Gasteiger partial charge in [-0.3, -0.25) is 0 Å². The van der Waals surface area contributed by atoms with Gasteiger partial charge in [-0.1, -0.05) is 48.5 Å². The lowest BCUT2D eigenvalue weighted by Gasteiger charge is -2.09. The molecule has 0 amide bonds. The Bertz CT molecular complexity index is 900. The predicted molar refractivity (Wildman–Crippen MR) is 90.0 cm³/mol. The number of benzene rings is 3. The van der Waals surface area contributed by atoms with Crippen molar-refractivity contribution in [3.63, 3.8) is 0 Å². The van der Waals surface area contributed by atoms with Gasteiger partial charge in [0.15, 0.2) is 0 Å². The smallest absolute Gasteiger partial charge is 0.139 e. The van der Waals surface area contributed by atoms with Crippen LogP contribution in [0, 0.1) is 0 Å². The number of hydrogen-bond donors (Lipinski definition) is 0. The van der Waals surface area contributed by atoms with Gasteiger partial charge in [0.05, 0.1) is 11.0 Å². The highest BCUT2D eigenvalue weighted by molar-refractivity contribution is 9.13. The van der Waals surface area contributed by atoms with Crippen LogP contribution < -0.4 is 0 Å². The third kappa shape index (κ3) is 1.68. The molecule has 0 radical (unpaired) electrons. The van der Waals surface area contributed by atoms with Crippen molar-refractivity contribution >= 4 is 64.4 Å². The van der Waals surface area contributed by atoms with Crippen LogP contribution >= 0.6 is 31.9 Å². The number of hydrogen-bond acceptors (Lipinski definition) is 2. The molecule has 0 aliphatic carbocycles. The van der Waals surface area contributed by atoms with Crippen LogP contribution in [0.5, 0.6) is 0 Å². The third-order valence-electron chi connectivity index (χ3n) is 3.47. The molecule has 96 valence electrons. The van der Waals surface area contributed by atoms with E-state index in [1.807, 2.05) is 12.1 Å². The standard InChI is InChI=1S/C16H8Br2N2/c17-15-16(18)20-14-12-8-4-2-6-10(12)9-5-1-3-7-11(9)13(14)19-15/h1-8H. The maximum atomic E-state index is 4.66. The number of aromatic nitrogens is 2. The summed E-state index contributed by atoms with van der Waals surface area (Å²) in [5.41, 5.74) is 1.85. The molecule has 0 unspecified atom stereocenters. The van der Waals surface area contributed by atoms with Gasteiger partial charge in [0.2, 0.25) is 0 Å². The van der Waals surface area contributed by atoms with E-state index < -0.39 is 0 Å². The molecule has 0 spiro atoms.